The maximum atomic E-state index is 13.0. The molecule has 0 aliphatic rings. The highest BCUT2D eigenvalue weighted by molar-refractivity contribution is 6.67. The van der Waals surface area contributed by atoms with Crippen molar-refractivity contribution >= 4 is 22.5 Å². The first-order valence-electron chi connectivity index (χ1n) is 3.45. The zero-order valence-electron chi connectivity index (χ0n) is 6.90. The summed E-state index contributed by atoms with van der Waals surface area (Å²) >= 11 is 4.92. The van der Waals surface area contributed by atoms with Gasteiger partial charge in [-0.05, 0) is 11.6 Å². The number of hydrogen-bond donors (Lipinski definition) is 2. The van der Waals surface area contributed by atoms with Crippen LogP contribution in [0.5, 0.6) is 11.5 Å². The van der Waals surface area contributed by atoms with Gasteiger partial charge in [-0.1, -0.05) is 0 Å². The van der Waals surface area contributed by atoms with Crippen LogP contribution >= 0.6 is 11.6 Å². The molecular weight excluding hydrogens is 233 g/mol. The van der Waals surface area contributed by atoms with E-state index in [1.807, 2.05) is 0 Å². The Bertz CT molecular complexity index is 423. The maximum Gasteiger partial charge on any atom is 0.315 e. The third kappa shape index (κ3) is 1.82. The fraction of sp³-hybridized carbons (Fsp3) is 0. The van der Waals surface area contributed by atoms with Crippen molar-refractivity contribution in [2.75, 3.05) is 0 Å². The molecule has 0 fully saturated rings. The van der Waals surface area contributed by atoms with Gasteiger partial charge in [0.15, 0.2) is 5.82 Å². The van der Waals surface area contributed by atoms with Crippen molar-refractivity contribution in [2.24, 2.45) is 0 Å². The molecule has 0 aliphatic carbocycles. The molecule has 0 aromatic heterocycles. The molecule has 1 rings (SSSR count). The summed E-state index contributed by atoms with van der Waals surface area (Å²) in [6.45, 7) is 0. The fourth-order valence-electron chi connectivity index (χ4n) is 0.903. The van der Waals surface area contributed by atoms with Gasteiger partial charge >= 0.3 is 5.69 Å². The largest absolute Gasteiger partial charge is 0.502 e. The van der Waals surface area contributed by atoms with E-state index in [0.29, 0.717) is 6.07 Å². The van der Waals surface area contributed by atoms with E-state index in [-0.39, 0.29) is 0 Å². The Hall–Kier alpha value is -1.89. The van der Waals surface area contributed by atoms with Crippen molar-refractivity contribution in [1.29, 1.82) is 0 Å². The van der Waals surface area contributed by atoms with Gasteiger partial charge in [0.2, 0.25) is 11.5 Å². The smallest absolute Gasteiger partial charge is 0.315 e. The number of nitro groups is 1. The van der Waals surface area contributed by atoms with Crippen LogP contribution in [0, 0.1) is 15.9 Å². The molecule has 0 spiro atoms. The van der Waals surface area contributed by atoms with Crippen LogP contribution in [0.25, 0.3) is 0 Å². The van der Waals surface area contributed by atoms with Crippen molar-refractivity contribution < 1.29 is 24.3 Å². The summed E-state index contributed by atoms with van der Waals surface area (Å²) < 4.78 is 13.0. The Labute approximate surface area is 86.7 Å². The van der Waals surface area contributed by atoms with E-state index in [1.165, 1.54) is 0 Å². The fourth-order valence-corrected chi connectivity index (χ4v) is 1.04. The van der Waals surface area contributed by atoms with E-state index in [2.05, 4.69) is 0 Å². The molecule has 80 valence electrons. The van der Waals surface area contributed by atoms with Crippen LogP contribution in [0.1, 0.15) is 10.4 Å². The highest BCUT2D eigenvalue weighted by Gasteiger charge is 2.26. The molecule has 6 nitrogen and oxygen atoms in total. The van der Waals surface area contributed by atoms with Crippen molar-refractivity contribution in [3.63, 3.8) is 0 Å². The summed E-state index contributed by atoms with van der Waals surface area (Å²) in [4.78, 5) is 19.8. The Morgan fingerprint density at radius 1 is 1.47 bits per heavy atom. The molecule has 0 aliphatic heterocycles. The van der Waals surface area contributed by atoms with Gasteiger partial charge in [-0.2, -0.15) is 0 Å². The van der Waals surface area contributed by atoms with Crippen LogP contribution < -0.4 is 0 Å². The number of nitro benzene ring substituents is 1. The maximum absolute atomic E-state index is 13.0. The number of nitrogens with zero attached hydrogens (tertiary/aromatic N) is 1. The van der Waals surface area contributed by atoms with Crippen molar-refractivity contribution in [3.8, 4) is 11.5 Å². The molecular formula is C7H3ClFNO5. The Morgan fingerprint density at radius 2 is 2.00 bits per heavy atom. The lowest BCUT2D eigenvalue weighted by molar-refractivity contribution is -0.386. The van der Waals surface area contributed by atoms with Gasteiger partial charge in [0.25, 0.3) is 5.24 Å². The van der Waals surface area contributed by atoms with Crippen LogP contribution in [0.15, 0.2) is 6.07 Å². The molecule has 0 bridgehead atoms. The summed E-state index contributed by atoms with van der Waals surface area (Å²) in [7, 11) is 0. The summed E-state index contributed by atoms with van der Waals surface area (Å²) in [5.41, 5.74) is -1.88. The number of phenols is 2. The minimum atomic E-state index is -1.50. The number of rotatable bonds is 2. The lowest BCUT2D eigenvalue weighted by Gasteiger charge is -2.03. The van der Waals surface area contributed by atoms with E-state index in [9.17, 15) is 19.3 Å². The van der Waals surface area contributed by atoms with Crippen LogP contribution in [0.2, 0.25) is 0 Å². The van der Waals surface area contributed by atoms with Crippen molar-refractivity contribution in [2.45, 2.75) is 0 Å². The quantitative estimate of drug-likeness (QED) is 0.350. The molecule has 0 heterocycles. The second kappa shape index (κ2) is 3.70. The number of carbonyl (C=O) groups is 1. The van der Waals surface area contributed by atoms with Crippen LogP contribution in [0.4, 0.5) is 10.1 Å². The van der Waals surface area contributed by atoms with Crippen molar-refractivity contribution in [1.82, 2.24) is 0 Å². The summed E-state index contributed by atoms with van der Waals surface area (Å²) in [6, 6.07) is 0.444. The molecule has 15 heavy (non-hydrogen) atoms. The highest BCUT2D eigenvalue weighted by atomic mass is 35.5. The molecule has 2 N–H and O–H groups in total. The van der Waals surface area contributed by atoms with Gasteiger partial charge in [0.05, 0.1) is 10.5 Å². The summed E-state index contributed by atoms with van der Waals surface area (Å²) in [5, 5.41) is 26.9. The Kier molecular flexibility index (Phi) is 2.76. The van der Waals surface area contributed by atoms with E-state index in [1.54, 1.807) is 0 Å². The number of phenolic OH excluding ortho intramolecular Hbond substituents is 2. The first kappa shape index (κ1) is 11.2. The summed E-state index contributed by atoms with van der Waals surface area (Å²) in [6.07, 6.45) is 0. The first-order valence-corrected chi connectivity index (χ1v) is 3.82. The molecule has 0 amide bonds. The lowest BCUT2D eigenvalue weighted by Crippen LogP contribution is -1.99. The van der Waals surface area contributed by atoms with Gasteiger partial charge in [-0.3, -0.25) is 14.9 Å². The van der Waals surface area contributed by atoms with Gasteiger partial charge in [0, 0.05) is 6.07 Å². The van der Waals surface area contributed by atoms with Gasteiger partial charge in [-0.15, -0.1) is 0 Å². The third-order valence-electron chi connectivity index (χ3n) is 1.60. The summed E-state index contributed by atoms with van der Waals surface area (Å²) in [5.74, 6) is -4.13. The predicted molar refractivity (Wildman–Crippen MR) is 46.6 cm³/mol. The molecule has 0 atom stereocenters. The van der Waals surface area contributed by atoms with Gasteiger partial charge in [0.1, 0.15) is 0 Å². The third-order valence-corrected chi connectivity index (χ3v) is 1.80. The minimum absolute atomic E-state index is 0.444. The second-order valence-corrected chi connectivity index (χ2v) is 2.83. The Balaban J connectivity index is 3.59. The normalized spacial score (nSPS) is 10.0. The highest BCUT2D eigenvalue weighted by Crippen LogP contribution is 2.39. The number of benzene rings is 1. The standard InChI is InChI=1S/C7H3ClFNO5/c8-7(13)2-1-3(10(14)15)5(11)6(12)4(2)9/h1,11-12H. The first-order chi connectivity index (χ1) is 6.86. The lowest BCUT2D eigenvalue weighted by atomic mass is 10.1. The number of halogens is 2. The van der Waals surface area contributed by atoms with E-state index in [0.717, 1.165) is 0 Å². The van der Waals surface area contributed by atoms with Crippen LogP contribution in [-0.4, -0.2) is 20.4 Å². The topological polar surface area (TPSA) is 101 Å². The monoisotopic (exact) mass is 235 g/mol. The van der Waals surface area contributed by atoms with Crippen LogP contribution in [0.3, 0.4) is 0 Å². The molecule has 0 saturated heterocycles. The van der Waals surface area contributed by atoms with Crippen LogP contribution in [-0.2, 0) is 0 Å². The molecule has 0 saturated carbocycles. The predicted octanol–water partition coefficient (Wildman–Crippen LogP) is 1.52. The van der Waals surface area contributed by atoms with Crippen molar-refractivity contribution in [3.05, 3.63) is 27.6 Å². The molecule has 8 heteroatoms. The number of carbonyl (C=O) groups excluding carboxylic acids is 1. The average molecular weight is 236 g/mol. The SMILES string of the molecule is O=C(Cl)c1cc([N+](=O)[O-])c(O)c(O)c1F. The second-order valence-electron chi connectivity index (χ2n) is 2.49. The number of hydrogen-bond acceptors (Lipinski definition) is 5. The van der Waals surface area contributed by atoms with Gasteiger partial charge in [-0.25, -0.2) is 4.39 Å². The molecule has 0 radical (unpaired) electrons. The number of aromatic hydroxyl groups is 2. The minimum Gasteiger partial charge on any atom is -0.502 e. The zero-order valence-corrected chi connectivity index (χ0v) is 7.66. The van der Waals surface area contributed by atoms with E-state index >= 15 is 0 Å². The average Bonchev–Trinajstić information content (AvgIpc) is 2.13. The van der Waals surface area contributed by atoms with Gasteiger partial charge < -0.3 is 10.2 Å². The Morgan fingerprint density at radius 3 is 2.40 bits per heavy atom. The zero-order chi connectivity index (χ0) is 11.7. The van der Waals surface area contributed by atoms with E-state index in [4.69, 9.17) is 21.8 Å². The molecule has 0 unspecified atom stereocenters. The molecule has 1 aromatic carbocycles. The van der Waals surface area contributed by atoms with E-state index < -0.39 is 38.7 Å². The molecule has 1 aromatic rings.